The van der Waals surface area contributed by atoms with Crippen LogP contribution in [-0.2, 0) is 28.5 Å². The van der Waals surface area contributed by atoms with Crippen LogP contribution in [-0.4, -0.2) is 76.6 Å². The molecule has 5 atom stereocenters. The van der Waals surface area contributed by atoms with Crippen LogP contribution in [0.1, 0.15) is 26.7 Å². The highest BCUT2D eigenvalue weighted by atomic mass is 16.6. The van der Waals surface area contributed by atoms with Gasteiger partial charge in [0.15, 0.2) is 6.10 Å². The predicted octanol–water partition coefficient (Wildman–Crippen LogP) is 0.771. The third kappa shape index (κ3) is 4.87. The second-order valence-corrected chi connectivity index (χ2v) is 6.46. The van der Waals surface area contributed by atoms with Gasteiger partial charge in [0.05, 0.1) is 38.1 Å². The summed E-state index contributed by atoms with van der Waals surface area (Å²) in [6.07, 6.45) is -1.68. The summed E-state index contributed by atoms with van der Waals surface area (Å²) in [6.45, 7) is 4.31. The average Bonchev–Trinajstić information content (AvgIpc) is 2.52. The minimum absolute atomic E-state index is 0.158. The molecule has 0 aromatic carbocycles. The summed E-state index contributed by atoms with van der Waals surface area (Å²) in [5.74, 6) is -0.511. The lowest BCUT2D eigenvalue weighted by Gasteiger charge is -2.47. The second kappa shape index (κ2) is 8.94. The maximum Gasteiger partial charge on any atom is 0.337 e. The number of carbonyl (C=O) groups excluding carboxylic acids is 1. The highest BCUT2D eigenvalue weighted by molar-refractivity contribution is 5.75. The number of esters is 1. The highest BCUT2D eigenvalue weighted by Gasteiger charge is 2.48. The number of carbonyl (C=O) groups is 1. The molecule has 1 heterocycles. The van der Waals surface area contributed by atoms with Crippen molar-refractivity contribution in [2.75, 3.05) is 35.0 Å². The van der Waals surface area contributed by atoms with Gasteiger partial charge in [-0.25, -0.2) is 4.79 Å². The van der Waals surface area contributed by atoms with Crippen molar-refractivity contribution in [3.8, 4) is 0 Å². The molecule has 23 heavy (non-hydrogen) atoms. The van der Waals surface area contributed by atoms with E-state index in [9.17, 15) is 9.90 Å². The Bertz CT molecular complexity index is 371. The fourth-order valence-corrected chi connectivity index (χ4v) is 2.91. The fourth-order valence-electron chi connectivity index (χ4n) is 2.91. The summed E-state index contributed by atoms with van der Waals surface area (Å²) in [7, 11) is 5.94. The molecule has 0 aliphatic carbocycles. The highest BCUT2D eigenvalue weighted by Crippen LogP contribution is 2.40. The molecule has 0 saturated carbocycles. The normalized spacial score (nSPS) is 29.8. The van der Waals surface area contributed by atoms with E-state index in [0.29, 0.717) is 19.4 Å². The topological polar surface area (TPSA) is 83.5 Å². The Morgan fingerprint density at radius 1 is 1.26 bits per heavy atom. The SMILES string of the molecule is COC[C@H](C[C@H]1O[C@H]([C@H](OC)C(=O)OC)C[C@@H](O)C1(C)C)OC. The Labute approximate surface area is 138 Å². The van der Waals surface area contributed by atoms with E-state index in [2.05, 4.69) is 0 Å². The van der Waals surface area contributed by atoms with E-state index in [-0.39, 0.29) is 12.2 Å². The van der Waals surface area contributed by atoms with Crippen molar-refractivity contribution in [2.24, 2.45) is 5.41 Å². The molecule has 0 bridgehead atoms. The molecule has 136 valence electrons. The monoisotopic (exact) mass is 334 g/mol. The van der Waals surface area contributed by atoms with Crippen molar-refractivity contribution in [1.82, 2.24) is 0 Å². The minimum Gasteiger partial charge on any atom is -0.467 e. The van der Waals surface area contributed by atoms with Crippen molar-refractivity contribution >= 4 is 5.97 Å². The minimum atomic E-state index is -0.864. The summed E-state index contributed by atoms with van der Waals surface area (Å²) in [5, 5.41) is 10.5. The van der Waals surface area contributed by atoms with Crippen molar-refractivity contribution in [3.05, 3.63) is 0 Å². The second-order valence-electron chi connectivity index (χ2n) is 6.46. The largest absolute Gasteiger partial charge is 0.467 e. The van der Waals surface area contributed by atoms with Crippen molar-refractivity contribution in [1.29, 1.82) is 0 Å². The first-order chi connectivity index (χ1) is 10.8. The number of methoxy groups -OCH3 is 4. The molecule has 0 unspecified atom stereocenters. The lowest BCUT2D eigenvalue weighted by Crippen LogP contribution is -2.56. The first kappa shape index (κ1) is 20.3. The van der Waals surface area contributed by atoms with Gasteiger partial charge in [0.1, 0.15) is 0 Å². The summed E-state index contributed by atoms with van der Waals surface area (Å²) >= 11 is 0. The molecule has 0 spiro atoms. The van der Waals surface area contributed by atoms with E-state index in [1.54, 1.807) is 14.2 Å². The van der Waals surface area contributed by atoms with E-state index in [1.165, 1.54) is 14.2 Å². The number of rotatable bonds is 8. The van der Waals surface area contributed by atoms with Crippen molar-refractivity contribution in [3.63, 3.8) is 0 Å². The van der Waals surface area contributed by atoms with Crippen LogP contribution in [0.3, 0.4) is 0 Å². The van der Waals surface area contributed by atoms with Crippen LogP contribution in [0.25, 0.3) is 0 Å². The van der Waals surface area contributed by atoms with Crippen LogP contribution in [0.4, 0.5) is 0 Å². The van der Waals surface area contributed by atoms with Gasteiger partial charge in [-0.1, -0.05) is 13.8 Å². The molecule has 0 radical (unpaired) electrons. The maximum absolute atomic E-state index is 11.8. The molecule has 1 rings (SSSR count). The number of ether oxygens (including phenoxy) is 5. The zero-order valence-corrected chi connectivity index (χ0v) is 14.9. The van der Waals surface area contributed by atoms with Gasteiger partial charge in [-0.3, -0.25) is 0 Å². The number of aliphatic hydroxyl groups excluding tert-OH is 1. The number of hydrogen-bond acceptors (Lipinski definition) is 7. The van der Waals surface area contributed by atoms with Gasteiger partial charge < -0.3 is 28.8 Å². The molecule has 0 aromatic rings. The van der Waals surface area contributed by atoms with Gasteiger partial charge in [-0.05, 0) is 0 Å². The first-order valence-corrected chi connectivity index (χ1v) is 7.77. The van der Waals surface area contributed by atoms with Crippen molar-refractivity contribution in [2.45, 2.75) is 57.2 Å². The Hall–Kier alpha value is -0.730. The van der Waals surface area contributed by atoms with Crippen LogP contribution in [0.2, 0.25) is 0 Å². The molecule has 7 heteroatoms. The third-order valence-corrected chi connectivity index (χ3v) is 4.67. The van der Waals surface area contributed by atoms with E-state index in [4.69, 9.17) is 23.7 Å². The first-order valence-electron chi connectivity index (χ1n) is 7.77. The van der Waals surface area contributed by atoms with E-state index in [0.717, 1.165) is 0 Å². The summed E-state index contributed by atoms with van der Waals surface area (Å²) in [6, 6.07) is 0. The van der Waals surface area contributed by atoms with Crippen LogP contribution in [0, 0.1) is 5.41 Å². The van der Waals surface area contributed by atoms with Crippen molar-refractivity contribution < 1.29 is 33.6 Å². The molecular weight excluding hydrogens is 304 g/mol. The Kier molecular flexibility index (Phi) is 7.89. The summed E-state index contributed by atoms with van der Waals surface area (Å²) < 4.78 is 26.6. The van der Waals surface area contributed by atoms with Crippen LogP contribution >= 0.6 is 0 Å². The van der Waals surface area contributed by atoms with Gasteiger partial charge in [-0.2, -0.15) is 0 Å². The molecular formula is C16H30O7. The van der Waals surface area contributed by atoms with Gasteiger partial charge in [-0.15, -0.1) is 0 Å². The number of hydrogen-bond donors (Lipinski definition) is 1. The van der Waals surface area contributed by atoms with Crippen LogP contribution < -0.4 is 0 Å². The van der Waals surface area contributed by atoms with E-state index < -0.39 is 29.7 Å². The van der Waals surface area contributed by atoms with Gasteiger partial charge >= 0.3 is 5.97 Å². The molecule has 1 aliphatic heterocycles. The predicted molar refractivity (Wildman–Crippen MR) is 83.2 cm³/mol. The molecule has 1 aliphatic rings. The van der Waals surface area contributed by atoms with Gasteiger partial charge in [0, 0.05) is 39.6 Å². The Morgan fingerprint density at radius 3 is 2.39 bits per heavy atom. The average molecular weight is 334 g/mol. The molecule has 0 aromatic heterocycles. The van der Waals surface area contributed by atoms with Gasteiger partial charge in [0.2, 0.25) is 0 Å². The Balaban J connectivity index is 2.90. The zero-order valence-electron chi connectivity index (χ0n) is 14.9. The van der Waals surface area contributed by atoms with E-state index >= 15 is 0 Å². The smallest absolute Gasteiger partial charge is 0.337 e. The third-order valence-electron chi connectivity index (χ3n) is 4.67. The fraction of sp³-hybridized carbons (Fsp3) is 0.938. The summed E-state index contributed by atoms with van der Waals surface area (Å²) in [4.78, 5) is 11.8. The molecule has 1 N–H and O–H groups in total. The molecule has 7 nitrogen and oxygen atoms in total. The Morgan fingerprint density at radius 2 is 1.91 bits per heavy atom. The standard InChI is InChI=1S/C16H30O7/c1-16(2)12(17)8-11(14(21-5)15(18)22-6)23-13(16)7-10(20-4)9-19-3/h10-14,17H,7-9H2,1-6H3/t10-,11-,12+,13+,14-/m0/s1. The molecule has 1 fully saturated rings. The van der Waals surface area contributed by atoms with Crippen LogP contribution in [0.15, 0.2) is 0 Å². The number of aliphatic hydroxyl groups is 1. The lowest BCUT2D eigenvalue weighted by molar-refractivity contribution is -0.217. The van der Waals surface area contributed by atoms with Crippen LogP contribution in [0.5, 0.6) is 0 Å². The molecule has 0 amide bonds. The van der Waals surface area contributed by atoms with Gasteiger partial charge in [0.25, 0.3) is 0 Å². The maximum atomic E-state index is 11.8. The molecule has 1 saturated heterocycles. The zero-order chi connectivity index (χ0) is 17.6. The quantitative estimate of drug-likeness (QED) is 0.656. The lowest BCUT2D eigenvalue weighted by atomic mass is 9.73. The summed E-state index contributed by atoms with van der Waals surface area (Å²) in [5.41, 5.74) is -0.477. The van der Waals surface area contributed by atoms with E-state index in [1.807, 2.05) is 13.8 Å².